The molecule has 0 N–H and O–H groups in total. The summed E-state index contributed by atoms with van der Waals surface area (Å²) in [5, 5.41) is 6.06. The van der Waals surface area contributed by atoms with Gasteiger partial charge < -0.3 is 4.57 Å². The highest BCUT2D eigenvalue weighted by atomic mass is 32.4. The van der Waals surface area contributed by atoms with E-state index in [2.05, 4.69) is 126 Å². The Morgan fingerprint density at radius 3 is 2.02 bits per heavy atom. The molecule has 1 aliphatic rings. The summed E-state index contributed by atoms with van der Waals surface area (Å²) >= 11 is 8.35. The minimum absolute atomic E-state index is 0.955. The van der Waals surface area contributed by atoms with Gasteiger partial charge in [0.05, 0.1) is 22.4 Å². The van der Waals surface area contributed by atoms with Crippen molar-refractivity contribution in [2.75, 3.05) is 0 Å². The first kappa shape index (κ1) is 23.9. The van der Waals surface area contributed by atoms with E-state index in [1.54, 1.807) is 0 Å². The molecule has 7 aromatic rings. The van der Waals surface area contributed by atoms with E-state index in [0.29, 0.717) is 0 Å². The Balaban J connectivity index is 1.23. The number of benzene rings is 5. The molecule has 190 valence electrons. The van der Waals surface area contributed by atoms with Crippen LogP contribution in [0.2, 0.25) is 0 Å². The molecule has 0 saturated heterocycles. The summed E-state index contributed by atoms with van der Waals surface area (Å²) in [4.78, 5) is 7.51. The fourth-order valence-corrected chi connectivity index (χ4v) is 10.6. The Kier molecular flexibility index (Phi) is 5.56. The number of hydrogen-bond acceptors (Lipinski definition) is 3. The molecule has 0 unspecified atom stereocenters. The lowest BCUT2D eigenvalue weighted by atomic mass is 10.1. The van der Waals surface area contributed by atoms with Gasteiger partial charge >= 0.3 is 0 Å². The summed E-state index contributed by atoms with van der Waals surface area (Å²) in [5.74, 6) is 0. The lowest BCUT2D eigenvalue weighted by molar-refractivity contribution is 1.09. The van der Waals surface area contributed by atoms with E-state index in [-0.39, 0.29) is 0 Å². The lowest BCUT2D eigenvalue weighted by Gasteiger charge is -2.24. The maximum Gasteiger partial charge on any atom is 0.0702 e. The molecule has 5 heteroatoms. The first-order valence-corrected chi connectivity index (χ1v) is 16.9. The number of pyridine rings is 1. The molecule has 0 atom stereocenters. The molecular weight excluding hydrogens is 544 g/mol. The lowest BCUT2D eigenvalue weighted by Crippen LogP contribution is -2.25. The molecular formula is C35H23N2PS2. The molecule has 8 rings (SSSR count). The monoisotopic (exact) mass is 566 g/mol. The van der Waals surface area contributed by atoms with Gasteiger partial charge in [-0.15, -0.1) is 0 Å². The van der Waals surface area contributed by atoms with Crippen molar-refractivity contribution in [2.24, 2.45) is 0 Å². The molecule has 0 saturated carbocycles. The summed E-state index contributed by atoms with van der Waals surface area (Å²) in [6.07, 6.45) is 2.00. The molecule has 2 nitrogen and oxygen atoms in total. The molecule has 0 spiro atoms. The van der Waals surface area contributed by atoms with Crippen molar-refractivity contribution in [2.45, 2.75) is 9.79 Å². The van der Waals surface area contributed by atoms with Crippen LogP contribution in [0.15, 0.2) is 149 Å². The van der Waals surface area contributed by atoms with E-state index in [0.717, 1.165) is 16.6 Å². The van der Waals surface area contributed by atoms with Gasteiger partial charge in [0.25, 0.3) is 0 Å². The van der Waals surface area contributed by atoms with Gasteiger partial charge in [-0.25, -0.2) is 0 Å². The third-order valence-corrected chi connectivity index (χ3v) is 13.8. The number of aromatic nitrogens is 2. The Morgan fingerprint density at radius 2 is 1.30 bits per heavy atom. The van der Waals surface area contributed by atoms with Crippen LogP contribution in [0.5, 0.6) is 0 Å². The van der Waals surface area contributed by atoms with Crippen molar-refractivity contribution in [1.82, 2.24) is 9.55 Å². The maximum atomic E-state index is 6.50. The molecule has 0 bridgehead atoms. The van der Waals surface area contributed by atoms with Gasteiger partial charge in [0.15, 0.2) is 0 Å². The van der Waals surface area contributed by atoms with Gasteiger partial charge in [-0.05, 0) is 47.0 Å². The quantitative estimate of drug-likeness (QED) is 0.201. The predicted octanol–water partition coefficient (Wildman–Crippen LogP) is 8.07. The summed E-state index contributed by atoms with van der Waals surface area (Å²) in [6, 6.07) is 45.1. The molecule has 0 aliphatic carbocycles. The predicted molar refractivity (Wildman–Crippen MR) is 174 cm³/mol. The Bertz CT molecular complexity index is 2060. The number of para-hydroxylation sites is 2. The second-order valence-electron chi connectivity index (χ2n) is 9.97. The summed E-state index contributed by atoms with van der Waals surface area (Å²) in [6.45, 7) is 0. The van der Waals surface area contributed by atoms with Crippen molar-refractivity contribution < 1.29 is 0 Å². The van der Waals surface area contributed by atoms with Crippen molar-refractivity contribution in [3.05, 3.63) is 140 Å². The van der Waals surface area contributed by atoms with Crippen LogP contribution in [0.25, 0.3) is 38.8 Å². The smallest absolute Gasteiger partial charge is 0.0702 e. The van der Waals surface area contributed by atoms with E-state index in [1.807, 2.05) is 30.1 Å². The molecule has 0 fully saturated rings. The number of nitrogens with zero attached hydrogens (tertiary/aromatic N) is 2. The molecule has 5 aromatic carbocycles. The summed E-state index contributed by atoms with van der Waals surface area (Å²) in [5.41, 5.74) is 5.83. The van der Waals surface area contributed by atoms with Crippen molar-refractivity contribution in [3.8, 4) is 16.9 Å². The van der Waals surface area contributed by atoms with Crippen LogP contribution in [-0.4, -0.2) is 9.55 Å². The van der Waals surface area contributed by atoms with Gasteiger partial charge in [-0.2, -0.15) is 0 Å². The highest BCUT2D eigenvalue weighted by Gasteiger charge is 2.26. The normalized spacial score (nSPS) is 12.5. The zero-order valence-corrected chi connectivity index (χ0v) is 24.0. The minimum Gasteiger partial charge on any atom is -0.307 e. The van der Waals surface area contributed by atoms with E-state index in [9.17, 15) is 0 Å². The SMILES string of the molecule is S=P(c1ccccc1)(c1ccccc1)c1ccc(-c2ccc3c(c2)Sc2cccc4c5ccccc5n-3c24)nc1. The van der Waals surface area contributed by atoms with Gasteiger partial charge in [-0.3, -0.25) is 4.98 Å². The van der Waals surface area contributed by atoms with Crippen molar-refractivity contribution in [3.63, 3.8) is 0 Å². The second-order valence-corrected chi connectivity index (χ2v) is 15.5. The van der Waals surface area contributed by atoms with E-state index in [1.165, 1.54) is 47.9 Å². The van der Waals surface area contributed by atoms with Crippen molar-refractivity contribution >= 4 is 67.3 Å². The Labute approximate surface area is 242 Å². The third-order valence-electron chi connectivity index (χ3n) is 7.73. The molecule has 2 aromatic heterocycles. The maximum absolute atomic E-state index is 6.50. The minimum atomic E-state index is -2.22. The first-order chi connectivity index (χ1) is 19.7. The average Bonchev–Trinajstić information content (AvgIpc) is 3.37. The molecule has 0 amide bonds. The standard InChI is InChI=1S/C35H23N2PS2/c39-38(25-10-3-1-4-11-25,26-12-5-2-6-13-26)27-19-20-30(36-23-27)24-18-21-32-34(22-24)40-33-17-9-15-29-28-14-7-8-16-31(28)37(32)35(29)33/h1-23H. The molecule has 1 aliphatic heterocycles. The topological polar surface area (TPSA) is 17.8 Å². The van der Waals surface area contributed by atoms with Gasteiger partial charge in [0, 0.05) is 43.7 Å². The number of rotatable bonds is 4. The van der Waals surface area contributed by atoms with Crippen LogP contribution in [0.4, 0.5) is 0 Å². The third kappa shape index (κ3) is 3.57. The zero-order chi connectivity index (χ0) is 26.7. The molecule has 40 heavy (non-hydrogen) atoms. The van der Waals surface area contributed by atoms with E-state index in [4.69, 9.17) is 16.8 Å². The molecule has 3 heterocycles. The Hall–Kier alpha value is -3.95. The molecule has 0 radical (unpaired) electrons. The van der Waals surface area contributed by atoms with Crippen LogP contribution < -0.4 is 15.9 Å². The van der Waals surface area contributed by atoms with Gasteiger partial charge in [0.2, 0.25) is 0 Å². The van der Waals surface area contributed by atoms with Crippen LogP contribution >= 0.6 is 17.8 Å². The summed E-state index contributed by atoms with van der Waals surface area (Å²) < 4.78 is 2.42. The zero-order valence-electron chi connectivity index (χ0n) is 21.4. The highest BCUT2D eigenvalue weighted by molar-refractivity contribution is 8.25. The van der Waals surface area contributed by atoms with Crippen molar-refractivity contribution in [1.29, 1.82) is 0 Å². The summed E-state index contributed by atoms with van der Waals surface area (Å²) in [7, 11) is 0. The van der Waals surface area contributed by atoms with Crippen LogP contribution in [0.3, 0.4) is 0 Å². The number of fused-ring (bicyclic) bond motifs is 5. The fraction of sp³-hybridized carbons (Fsp3) is 0. The number of hydrogen-bond donors (Lipinski definition) is 0. The van der Waals surface area contributed by atoms with Crippen LogP contribution in [0.1, 0.15) is 0 Å². The fourth-order valence-electron chi connectivity index (χ4n) is 5.84. The van der Waals surface area contributed by atoms with E-state index < -0.39 is 6.04 Å². The Morgan fingerprint density at radius 1 is 0.600 bits per heavy atom. The van der Waals surface area contributed by atoms with Crippen LogP contribution in [-0.2, 0) is 11.8 Å². The largest absolute Gasteiger partial charge is 0.307 e. The van der Waals surface area contributed by atoms with Gasteiger partial charge in [-0.1, -0.05) is 121 Å². The average molecular weight is 567 g/mol. The second kappa shape index (κ2) is 9.31. The highest BCUT2D eigenvalue weighted by Crippen LogP contribution is 2.47. The van der Waals surface area contributed by atoms with Crippen LogP contribution in [0, 0.1) is 0 Å². The van der Waals surface area contributed by atoms with E-state index >= 15 is 0 Å². The van der Waals surface area contributed by atoms with Gasteiger partial charge in [0.1, 0.15) is 0 Å². The first-order valence-electron chi connectivity index (χ1n) is 13.2.